The average molecular weight is 346 g/mol. The maximum atomic E-state index is 12.9. The van der Waals surface area contributed by atoms with Crippen LogP contribution in [-0.4, -0.2) is 25.7 Å². The molecule has 0 bridgehead atoms. The number of hydrogen-bond acceptors (Lipinski definition) is 4. The lowest BCUT2D eigenvalue weighted by atomic mass is 10.1. The minimum absolute atomic E-state index is 0.0191. The molecule has 3 aromatic heterocycles. The molecule has 0 atom stereocenters. The van der Waals surface area contributed by atoms with E-state index >= 15 is 0 Å². The SMILES string of the molecule is O=C(Cc1ccc(F)cc1)Cc1nccc(-c2c[nH]c3ncccc23)n1. The van der Waals surface area contributed by atoms with E-state index in [1.54, 1.807) is 24.5 Å². The fourth-order valence-electron chi connectivity index (χ4n) is 2.87. The minimum atomic E-state index is -0.314. The maximum Gasteiger partial charge on any atom is 0.144 e. The van der Waals surface area contributed by atoms with Crippen molar-refractivity contribution < 1.29 is 9.18 Å². The molecule has 1 N–H and O–H groups in total. The molecule has 128 valence electrons. The molecule has 4 rings (SSSR count). The maximum absolute atomic E-state index is 12.9. The number of carbonyl (C=O) groups is 1. The van der Waals surface area contributed by atoms with E-state index in [-0.39, 0.29) is 24.4 Å². The van der Waals surface area contributed by atoms with Gasteiger partial charge in [0.05, 0.1) is 12.1 Å². The van der Waals surface area contributed by atoms with Crippen LogP contribution < -0.4 is 0 Å². The number of halogens is 1. The molecule has 6 heteroatoms. The predicted molar refractivity (Wildman–Crippen MR) is 95.9 cm³/mol. The molecule has 0 saturated carbocycles. The molecule has 0 radical (unpaired) electrons. The Labute approximate surface area is 149 Å². The Morgan fingerprint density at radius 1 is 1.00 bits per heavy atom. The van der Waals surface area contributed by atoms with Crippen molar-refractivity contribution in [2.75, 3.05) is 0 Å². The van der Waals surface area contributed by atoms with Gasteiger partial charge >= 0.3 is 0 Å². The third-order valence-electron chi connectivity index (χ3n) is 4.10. The summed E-state index contributed by atoms with van der Waals surface area (Å²) in [7, 11) is 0. The van der Waals surface area contributed by atoms with Gasteiger partial charge in [0.25, 0.3) is 0 Å². The summed E-state index contributed by atoms with van der Waals surface area (Å²) in [6, 6.07) is 11.6. The molecule has 0 aliphatic carbocycles. The molecule has 4 aromatic rings. The molecular formula is C20H15FN4O. The Kier molecular flexibility index (Phi) is 4.23. The lowest BCUT2D eigenvalue weighted by Gasteiger charge is -2.04. The van der Waals surface area contributed by atoms with Crippen molar-refractivity contribution in [1.82, 2.24) is 19.9 Å². The summed E-state index contributed by atoms with van der Waals surface area (Å²) < 4.78 is 12.9. The first kappa shape index (κ1) is 16.1. The van der Waals surface area contributed by atoms with Crippen molar-refractivity contribution in [3.8, 4) is 11.3 Å². The second-order valence-electron chi connectivity index (χ2n) is 5.98. The van der Waals surface area contributed by atoms with Crippen molar-refractivity contribution in [3.63, 3.8) is 0 Å². The van der Waals surface area contributed by atoms with Crippen LogP contribution in [0.5, 0.6) is 0 Å². The van der Waals surface area contributed by atoms with E-state index in [0.717, 1.165) is 27.9 Å². The second-order valence-corrected chi connectivity index (χ2v) is 5.98. The highest BCUT2D eigenvalue weighted by atomic mass is 19.1. The van der Waals surface area contributed by atoms with Gasteiger partial charge in [0, 0.05) is 36.0 Å². The van der Waals surface area contributed by atoms with Gasteiger partial charge in [0.2, 0.25) is 0 Å². The fraction of sp³-hybridized carbons (Fsp3) is 0.100. The number of aromatic amines is 1. The third-order valence-corrected chi connectivity index (χ3v) is 4.10. The van der Waals surface area contributed by atoms with Crippen molar-refractivity contribution in [2.24, 2.45) is 0 Å². The standard InChI is InChI=1S/C20H15FN4O/c21-14-5-3-13(4-6-14)10-15(26)11-19-22-9-7-18(25-19)17-12-24-20-16(17)2-1-8-23-20/h1-9,12H,10-11H2,(H,23,24). The highest BCUT2D eigenvalue weighted by Crippen LogP contribution is 2.25. The lowest BCUT2D eigenvalue weighted by molar-refractivity contribution is -0.117. The number of nitrogens with one attached hydrogen (secondary N) is 1. The molecule has 1 aromatic carbocycles. The van der Waals surface area contributed by atoms with E-state index in [2.05, 4.69) is 19.9 Å². The zero-order valence-corrected chi connectivity index (χ0v) is 13.8. The molecule has 0 saturated heterocycles. The Bertz CT molecular complexity index is 1070. The summed E-state index contributed by atoms with van der Waals surface area (Å²) in [5.74, 6) is 0.132. The van der Waals surface area contributed by atoms with Crippen LogP contribution in [0.25, 0.3) is 22.3 Å². The molecule has 0 spiro atoms. The number of nitrogens with zero attached hydrogens (tertiary/aromatic N) is 3. The van der Waals surface area contributed by atoms with Gasteiger partial charge in [-0.15, -0.1) is 0 Å². The molecule has 0 amide bonds. The molecular weight excluding hydrogens is 331 g/mol. The number of benzene rings is 1. The van der Waals surface area contributed by atoms with E-state index in [9.17, 15) is 9.18 Å². The summed E-state index contributed by atoms with van der Waals surface area (Å²) in [4.78, 5) is 28.4. The minimum Gasteiger partial charge on any atom is -0.345 e. The van der Waals surface area contributed by atoms with Crippen LogP contribution >= 0.6 is 0 Å². The van der Waals surface area contributed by atoms with Gasteiger partial charge in [-0.05, 0) is 35.9 Å². The predicted octanol–water partition coefficient (Wildman–Crippen LogP) is 3.51. The van der Waals surface area contributed by atoms with E-state index in [4.69, 9.17) is 0 Å². The number of fused-ring (bicyclic) bond motifs is 1. The Balaban J connectivity index is 1.54. The average Bonchev–Trinajstić information content (AvgIpc) is 3.08. The van der Waals surface area contributed by atoms with Gasteiger partial charge in [-0.2, -0.15) is 0 Å². The summed E-state index contributed by atoms with van der Waals surface area (Å²) in [6.07, 6.45) is 5.58. The number of aromatic nitrogens is 4. The number of ketones is 1. The lowest BCUT2D eigenvalue weighted by Crippen LogP contribution is -2.09. The highest BCUT2D eigenvalue weighted by Gasteiger charge is 2.11. The van der Waals surface area contributed by atoms with Crippen LogP contribution in [-0.2, 0) is 17.6 Å². The van der Waals surface area contributed by atoms with Crippen LogP contribution in [0.1, 0.15) is 11.4 Å². The quantitative estimate of drug-likeness (QED) is 0.600. The third kappa shape index (κ3) is 3.35. The van der Waals surface area contributed by atoms with Crippen LogP contribution in [0.3, 0.4) is 0 Å². The smallest absolute Gasteiger partial charge is 0.144 e. The Morgan fingerprint density at radius 2 is 1.85 bits per heavy atom. The van der Waals surface area contributed by atoms with E-state index in [1.165, 1.54) is 12.1 Å². The zero-order chi connectivity index (χ0) is 17.9. The number of Topliss-reactive ketones (excluding diaryl/α,β-unsaturated/α-hetero) is 1. The fourth-order valence-corrected chi connectivity index (χ4v) is 2.87. The van der Waals surface area contributed by atoms with Gasteiger partial charge in [0.1, 0.15) is 23.1 Å². The molecule has 26 heavy (non-hydrogen) atoms. The Hall–Kier alpha value is -3.41. The zero-order valence-electron chi connectivity index (χ0n) is 13.8. The number of hydrogen-bond donors (Lipinski definition) is 1. The van der Waals surface area contributed by atoms with Crippen LogP contribution in [0.4, 0.5) is 4.39 Å². The number of pyridine rings is 1. The Morgan fingerprint density at radius 3 is 2.69 bits per heavy atom. The normalized spacial score (nSPS) is 11.0. The molecule has 0 fully saturated rings. The molecule has 0 aliphatic rings. The monoisotopic (exact) mass is 346 g/mol. The van der Waals surface area contributed by atoms with Gasteiger partial charge in [-0.3, -0.25) is 4.79 Å². The van der Waals surface area contributed by atoms with E-state index in [0.29, 0.717) is 5.82 Å². The van der Waals surface area contributed by atoms with Gasteiger partial charge in [0.15, 0.2) is 0 Å². The van der Waals surface area contributed by atoms with Gasteiger partial charge < -0.3 is 4.98 Å². The second kappa shape index (κ2) is 6.84. The number of rotatable bonds is 5. The molecule has 5 nitrogen and oxygen atoms in total. The first-order valence-electron chi connectivity index (χ1n) is 8.19. The largest absolute Gasteiger partial charge is 0.345 e. The number of carbonyl (C=O) groups excluding carboxylic acids is 1. The summed E-state index contributed by atoms with van der Waals surface area (Å²) in [5.41, 5.74) is 3.22. The van der Waals surface area contributed by atoms with Gasteiger partial charge in [-0.1, -0.05) is 12.1 Å². The highest BCUT2D eigenvalue weighted by molar-refractivity contribution is 5.92. The van der Waals surface area contributed by atoms with Crippen LogP contribution in [0.2, 0.25) is 0 Å². The van der Waals surface area contributed by atoms with E-state index < -0.39 is 0 Å². The van der Waals surface area contributed by atoms with Crippen LogP contribution in [0.15, 0.2) is 61.1 Å². The van der Waals surface area contributed by atoms with Crippen LogP contribution in [0, 0.1) is 5.82 Å². The van der Waals surface area contributed by atoms with Crippen molar-refractivity contribution in [3.05, 3.63) is 78.3 Å². The molecule has 3 heterocycles. The first-order chi connectivity index (χ1) is 12.7. The van der Waals surface area contributed by atoms with Crippen molar-refractivity contribution >= 4 is 16.8 Å². The molecule has 0 aliphatic heterocycles. The first-order valence-corrected chi connectivity index (χ1v) is 8.19. The molecule has 0 unspecified atom stereocenters. The van der Waals surface area contributed by atoms with E-state index in [1.807, 2.05) is 24.4 Å². The number of H-pyrrole nitrogens is 1. The summed E-state index contributed by atoms with van der Waals surface area (Å²) in [6.45, 7) is 0. The summed E-state index contributed by atoms with van der Waals surface area (Å²) in [5, 5.41) is 0.967. The van der Waals surface area contributed by atoms with Crippen molar-refractivity contribution in [1.29, 1.82) is 0 Å². The topological polar surface area (TPSA) is 71.5 Å². The summed E-state index contributed by atoms with van der Waals surface area (Å²) >= 11 is 0. The van der Waals surface area contributed by atoms with Gasteiger partial charge in [-0.25, -0.2) is 19.3 Å². The van der Waals surface area contributed by atoms with Crippen molar-refractivity contribution in [2.45, 2.75) is 12.8 Å².